The molecule has 0 aromatic carbocycles. The molecule has 7 heteroatoms. The number of hydrogen-bond acceptors (Lipinski definition) is 5. The summed E-state index contributed by atoms with van der Waals surface area (Å²) < 4.78 is 6.94. The lowest BCUT2D eigenvalue weighted by Crippen LogP contribution is -2.11. The maximum atomic E-state index is 12.4. The van der Waals surface area contributed by atoms with Crippen molar-refractivity contribution >= 4 is 34.7 Å². The zero-order valence-corrected chi connectivity index (χ0v) is 14.5. The van der Waals surface area contributed by atoms with Gasteiger partial charge in [0.1, 0.15) is 11.3 Å². The minimum Gasteiger partial charge on any atom is -0.461 e. The molecule has 0 unspecified atom stereocenters. The monoisotopic (exact) mass is 317 g/mol. The number of carbonyl (C=O) groups excluding carboxylic acids is 1. The molecule has 0 aliphatic carbocycles. The van der Waals surface area contributed by atoms with E-state index >= 15 is 0 Å². The van der Waals surface area contributed by atoms with Crippen LogP contribution in [0.5, 0.6) is 0 Å². The van der Waals surface area contributed by atoms with Crippen LogP contribution in [-0.4, -0.2) is 61.6 Å². The second-order valence-corrected chi connectivity index (χ2v) is 5.61. The number of rotatable bonds is 5. The average Bonchev–Trinajstić information content (AvgIpc) is 2.78. The number of ether oxygens (including phenoxy) is 1. The van der Waals surface area contributed by atoms with Crippen molar-refractivity contribution in [3.8, 4) is 0 Å². The van der Waals surface area contributed by atoms with E-state index in [1.807, 2.05) is 44.1 Å². The van der Waals surface area contributed by atoms with E-state index < -0.39 is 5.97 Å². The van der Waals surface area contributed by atoms with Gasteiger partial charge in [-0.1, -0.05) is 0 Å². The van der Waals surface area contributed by atoms with E-state index in [2.05, 4.69) is 9.98 Å². The molecule has 2 rings (SSSR count). The van der Waals surface area contributed by atoms with Crippen molar-refractivity contribution in [1.82, 2.24) is 14.5 Å². The van der Waals surface area contributed by atoms with Gasteiger partial charge in [0.25, 0.3) is 0 Å². The average molecular weight is 317 g/mol. The first-order valence-electron chi connectivity index (χ1n) is 7.40. The molecule has 0 spiro atoms. The Labute approximate surface area is 136 Å². The Morgan fingerprint density at radius 3 is 2.65 bits per heavy atom. The first-order valence-corrected chi connectivity index (χ1v) is 7.40. The quantitative estimate of drug-likeness (QED) is 0.480. The summed E-state index contributed by atoms with van der Waals surface area (Å²) in [6.45, 7) is 2.10. The number of anilines is 1. The van der Waals surface area contributed by atoms with Crippen LogP contribution in [0.25, 0.3) is 11.0 Å². The second kappa shape index (κ2) is 6.68. The molecule has 124 valence electrons. The van der Waals surface area contributed by atoms with Crippen LogP contribution >= 0.6 is 0 Å². The normalized spacial score (nSPS) is 11.2. The molecule has 23 heavy (non-hydrogen) atoms. The molecule has 0 saturated carbocycles. The maximum Gasteiger partial charge on any atom is 0.357 e. The molecule has 0 radical (unpaired) electrons. The number of aromatic nitrogens is 2. The summed E-state index contributed by atoms with van der Waals surface area (Å²) in [6.07, 6.45) is 3.40. The van der Waals surface area contributed by atoms with Crippen LogP contribution in [0.4, 0.5) is 11.4 Å². The third-order valence-electron chi connectivity index (χ3n) is 3.39. The first-order chi connectivity index (χ1) is 10.9. The molecule has 0 amide bonds. The van der Waals surface area contributed by atoms with E-state index in [0.717, 1.165) is 11.1 Å². The van der Waals surface area contributed by atoms with Crippen LogP contribution in [-0.2, 0) is 11.8 Å². The summed E-state index contributed by atoms with van der Waals surface area (Å²) in [4.78, 5) is 25.1. The molecule has 0 atom stereocenters. The molecule has 0 bridgehead atoms. The highest BCUT2D eigenvalue weighted by molar-refractivity contribution is 6.10. The highest BCUT2D eigenvalue weighted by atomic mass is 16.5. The number of fused-ring (bicyclic) bond motifs is 1. The molecule has 0 aliphatic heterocycles. The SMILES string of the molecule is CCOC(=O)c1c(N=CN(C)C)c2c(N(C)C)ccnc2n1C. The van der Waals surface area contributed by atoms with E-state index in [-0.39, 0.29) is 0 Å². The Morgan fingerprint density at radius 2 is 2.09 bits per heavy atom. The Bertz CT molecular complexity index is 746. The van der Waals surface area contributed by atoms with Gasteiger partial charge in [-0.25, -0.2) is 14.8 Å². The summed E-state index contributed by atoms with van der Waals surface area (Å²) in [5.41, 5.74) is 2.63. The molecule has 0 fully saturated rings. The van der Waals surface area contributed by atoms with Crippen molar-refractivity contribution in [1.29, 1.82) is 0 Å². The molecule has 0 saturated heterocycles. The number of esters is 1. The van der Waals surface area contributed by atoms with E-state index in [9.17, 15) is 4.79 Å². The van der Waals surface area contributed by atoms with Crippen molar-refractivity contribution in [2.24, 2.45) is 12.0 Å². The van der Waals surface area contributed by atoms with Crippen LogP contribution in [0.3, 0.4) is 0 Å². The Balaban J connectivity index is 2.83. The summed E-state index contributed by atoms with van der Waals surface area (Å²) in [5.74, 6) is -0.399. The Kier molecular flexibility index (Phi) is 4.88. The Hall–Kier alpha value is -2.57. The van der Waals surface area contributed by atoms with Gasteiger partial charge in [-0.15, -0.1) is 0 Å². The summed E-state index contributed by atoms with van der Waals surface area (Å²) in [6, 6.07) is 1.91. The van der Waals surface area contributed by atoms with Crippen molar-refractivity contribution in [2.45, 2.75) is 6.92 Å². The fourth-order valence-electron chi connectivity index (χ4n) is 2.41. The molecule has 0 N–H and O–H groups in total. The summed E-state index contributed by atoms with van der Waals surface area (Å²) in [7, 11) is 9.46. The second-order valence-electron chi connectivity index (χ2n) is 5.61. The lowest BCUT2D eigenvalue weighted by Gasteiger charge is -2.13. The standard InChI is InChI=1S/C16H23N5O2/c1-7-23-16(22)14-13(18-10-19(2)3)12-11(20(4)5)8-9-17-15(12)21(14)6/h8-10H,7H2,1-6H3. The number of pyridine rings is 1. The van der Waals surface area contributed by atoms with Crippen molar-refractivity contribution < 1.29 is 9.53 Å². The molecule has 7 nitrogen and oxygen atoms in total. The van der Waals surface area contributed by atoms with Gasteiger partial charge >= 0.3 is 5.97 Å². The zero-order chi connectivity index (χ0) is 17.1. The van der Waals surface area contributed by atoms with Gasteiger partial charge in [0.15, 0.2) is 5.69 Å². The van der Waals surface area contributed by atoms with E-state index in [0.29, 0.717) is 23.6 Å². The summed E-state index contributed by atoms with van der Waals surface area (Å²) in [5, 5.41) is 0.834. The van der Waals surface area contributed by atoms with Gasteiger partial charge in [-0.3, -0.25) is 0 Å². The topological polar surface area (TPSA) is 63.0 Å². The number of carbonyl (C=O) groups is 1. The van der Waals surface area contributed by atoms with E-state index in [1.54, 1.807) is 31.1 Å². The lowest BCUT2D eigenvalue weighted by molar-refractivity contribution is 0.0517. The van der Waals surface area contributed by atoms with Crippen LogP contribution in [0, 0.1) is 0 Å². The van der Waals surface area contributed by atoms with Gasteiger partial charge in [0.05, 0.1) is 24.0 Å². The largest absolute Gasteiger partial charge is 0.461 e. The first kappa shape index (κ1) is 16.8. The fraction of sp³-hybridized carbons (Fsp3) is 0.438. The zero-order valence-electron chi connectivity index (χ0n) is 14.5. The fourth-order valence-corrected chi connectivity index (χ4v) is 2.41. The van der Waals surface area contributed by atoms with E-state index in [1.165, 1.54) is 0 Å². The van der Waals surface area contributed by atoms with Crippen LogP contribution in [0.15, 0.2) is 17.3 Å². The number of aliphatic imine (C=N–C) groups is 1. The molecule has 2 aromatic rings. The highest BCUT2D eigenvalue weighted by Gasteiger charge is 2.25. The van der Waals surface area contributed by atoms with Crippen molar-refractivity contribution in [2.75, 3.05) is 39.7 Å². The predicted molar refractivity (Wildman–Crippen MR) is 92.8 cm³/mol. The van der Waals surface area contributed by atoms with Crippen LogP contribution in [0.2, 0.25) is 0 Å². The molecule has 2 aromatic heterocycles. The summed E-state index contributed by atoms with van der Waals surface area (Å²) >= 11 is 0. The minimum absolute atomic E-state index is 0.311. The van der Waals surface area contributed by atoms with Crippen molar-refractivity contribution in [3.63, 3.8) is 0 Å². The van der Waals surface area contributed by atoms with Gasteiger partial charge in [-0.2, -0.15) is 0 Å². The van der Waals surface area contributed by atoms with Crippen molar-refractivity contribution in [3.05, 3.63) is 18.0 Å². The smallest absolute Gasteiger partial charge is 0.357 e. The number of aryl methyl sites for hydroxylation is 1. The third-order valence-corrected chi connectivity index (χ3v) is 3.39. The number of nitrogens with zero attached hydrogens (tertiary/aromatic N) is 5. The molecular formula is C16H23N5O2. The van der Waals surface area contributed by atoms with Crippen LogP contribution < -0.4 is 4.90 Å². The van der Waals surface area contributed by atoms with Gasteiger partial charge in [-0.05, 0) is 13.0 Å². The Morgan fingerprint density at radius 1 is 1.39 bits per heavy atom. The maximum absolute atomic E-state index is 12.4. The predicted octanol–water partition coefficient (Wildman–Crippen LogP) is 2.04. The van der Waals surface area contributed by atoms with E-state index in [4.69, 9.17) is 4.74 Å². The van der Waals surface area contributed by atoms with Gasteiger partial charge in [0, 0.05) is 41.4 Å². The molecule has 0 aliphatic rings. The lowest BCUT2D eigenvalue weighted by atomic mass is 10.2. The van der Waals surface area contributed by atoms with Gasteiger partial charge in [0.2, 0.25) is 0 Å². The minimum atomic E-state index is -0.399. The third kappa shape index (κ3) is 3.13. The highest BCUT2D eigenvalue weighted by Crippen LogP contribution is 2.38. The molecular weight excluding hydrogens is 294 g/mol. The van der Waals surface area contributed by atoms with Gasteiger partial charge < -0.3 is 19.1 Å². The van der Waals surface area contributed by atoms with Crippen LogP contribution in [0.1, 0.15) is 17.4 Å². The number of hydrogen-bond donors (Lipinski definition) is 0. The molecule has 2 heterocycles.